The fraction of sp³-hybridized carbons (Fsp3) is 0.188. The van der Waals surface area contributed by atoms with Gasteiger partial charge >= 0.3 is 5.97 Å². The Hall–Kier alpha value is -2.96. The summed E-state index contributed by atoms with van der Waals surface area (Å²) < 4.78 is 13.9. The fourth-order valence-electron chi connectivity index (χ4n) is 2.80. The van der Waals surface area contributed by atoms with E-state index in [9.17, 15) is 24.2 Å². The van der Waals surface area contributed by atoms with Gasteiger partial charge in [0.1, 0.15) is 17.1 Å². The summed E-state index contributed by atoms with van der Waals surface area (Å²) in [6.45, 7) is 0. The van der Waals surface area contributed by atoms with Crippen LogP contribution in [0, 0.1) is 5.82 Å². The highest BCUT2D eigenvalue weighted by Gasteiger charge is 2.46. The number of aliphatic carboxylic acids is 1. The molecule has 3 rings (SSSR count). The number of rotatable bonds is 3. The third-order valence-electron chi connectivity index (χ3n) is 3.95. The van der Waals surface area contributed by atoms with Crippen molar-refractivity contribution in [3.05, 3.63) is 59.2 Å². The number of carboxylic acid groups (broad SMARTS) is 1. The maximum atomic E-state index is 13.9. The van der Waals surface area contributed by atoms with Crippen LogP contribution >= 0.6 is 0 Å². The molecule has 23 heavy (non-hydrogen) atoms. The first kappa shape index (κ1) is 15.0. The molecule has 118 valence electrons. The average Bonchev–Trinajstić information content (AvgIpc) is 2.89. The number of pyridine rings is 1. The minimum absolute atomic E-state index is 0.0330. The van der Waals surface area contributed by atoms with Gasteiger partial charge in [-0.15, -0.1) is 0 Å². The SMILES string of the molecule is O=C(NC1(C(=O)O)Cc2cccc(F)c2C1)c1ncccc1O. The molecule has 3 N–H and O–H groups in total. The predicted molar refractivity (Wildman–Crippen MR) is 77.5 cm³/mol. The number of hydrogen-bond donors (Lipinski definition) is 3. The van der Waals surface area contributed by atoms with Crippen molar-refractivity contribution in [1.82, 2.24) is 10.3 Å². The van der Waals surface area contributed by atoms with Crippen molar-refractivity contribution < 1.29 is 24.2 Å². The molecular weight excluding hydrogens is 303 g/mol. The van der Waals surface area contributed by atoms with Crippen molar-refractivity contribution >= 4 is 11.9 Å². The van der Waals surface area contributed by atoms with Gasteiger partial charge in [-0.2, -0.15) is 0 Å². The van der Waals surface area contributed by atoms with Crippen LogP contribution in [-0.4, -0.2) is 32.6 Å². The summed E-state index contributed by atoms with van der Waals surface area (Å²) in [5.41, 5.74) is -1.12. The standard InChI is InChI=1S/C16H13FN2O4/c17-11-4-1-3-9-7-16(15(22)23,8-10(9)11)19-14(21)13-12(20)5-2-6-18-13/h1-6,20H,7-8H2,(H,19,21)(H,22,23). The van der Waals surface area contributed by atoms with Crippen molar-refractivity contribution in [2.75, 3.05) is 0 Å². The molecule has 1 aliphatic rings. The normalized spacial score (nSPS) is 19.2. The minimum atomic E-state index is -1.66. The van der Waals surface area contributed by atoms with Gasteiger partial charge in [0.2, 0.25) is 0 Å². The molecule has 6 nitrogen and oxygen atoms in total. The van der Waals surface area contributed by atoms with E-state index in [1.165, 1.54) is 30.5 Å². The summed E-state index contributed by atoms with van der Waals surface area (Å²) in [5.74, 6) is -2.94. The van der Waals surface area contributed by atoms with Gasteiger partial charge in [0.05, 0.1) is 0 Å². The number of carbonyl (C=O) groups is 2. The number of benzene rings is 1. The number of halogens is 1. The summed E-state index contributed by atoms with van der Waals surface area (Å²) in [7, 11) is 0. The Kier molecular flexibility index (Phi) is 3.48. The zero-order valence-electron chi connectivity index (χ0n) is 11.9. The first-order chi connectivity index (χ1) is 10.9. The maximum absolute atomic E-state index is 13.9. The van der Waals surface area contributed by atoms with Gasteiger partial charge in [0, 0.05) is 19.0 Å². The Morgan fingerprint density at radius 3 is 2.65 bits per heavy atom. The lowest BCUT2D eigenvalue weighted by Crippen LogP contribution is -2.55. The molecule has 1 aliphatic carbocycles. The number of hydrogen-bond acceptors (Lipinski definition) is 4. The second-order valence-corrected chi connectivity index (χ2v) is 5.44. The lowest BCUT2D eigenvalue weighted by molar-refractivity contribution is -0.144. The molecule has 0 saturated heterocycles. The molecule has 1 amide bonds. The molecule has 1 heterocycles. The van der Waals surface area contributed by atoms with Crippen molar-refractivity contribution in [2.45, 2.75) is 18.4 Å². The molecule has 0 aliphatic heterocycles. The van der Waals surface area contributed by atoms with Crippen LogP contribution in [0.15, 0.2) is 36.5 Å². The van der Waals surface area contributed by atoms with E-state index in [2.05, 4.69) is 10.3 Å². The Bertz CT molecular complexity index is 808. The first-order valence-corrected chi connectivity index (χ1v) is 6.89. The van der Waals surface area contributed by atoms with Crippen LogP contribution in [0.2, 0.25) is 0 Å². The topological polar surface area (TPSA) is 99.5 Å². The Balaban J connectivity index is 1.93. The van der Waals surface area contributed by atoms with Crippen LogP contribution in [-0.2, 0) is 17.6 Å². The van der Waals surface area contributed by atoms with E-state index in [0.717, 1.165) is 0 Å². The van der Waals surface area contributed by atoms with E-state index in [1.54, 1.807) is 6.07 Å². The predicted octanol–water partition coefficient (Wildman–Crippen LogP) is 1.28. The van der Waals surface area contributed by atoms with Crippen LogP contribution < -0.4 is 5.32 Å². The van der Waals surface area contributed by atoms with Crippen LogP contribution in [0.5, 0.6) is 5.75 Å². The summed E-state index contributed by atoms with van der Waals surface area (Å²) in [6.07, 6.45) is 1.11. The van der Waals surface area contributed by atoms with Gasteiger partial charge in [-0.3, -0.25) is 4.79 Å². The average molecular weight is 316 g/mol. The number of carbonyl (C=O) groups excluding carboxylic acids is 1. The molecule has 1 aromatic carbocycles. The molecular formula is C16H13FN2O4. The summed E-state index contributed by atoms with van der Waals surface area (Å²) in [4.78, 5) is 27.8. The van der Waals surface area contributed by atoms with Crippen LogP contribution in [0.3, 0.4) is 0 Å². The molecule has 0 saturated carbocycles. The summed E-state index contributed by atoms with van der Waals surface area (Å²) in [6, 6.07) is 7.10. The lowest BCUT2D eigenvalue weighted by atomic mass is 9.95. The number of nitrogens with one attached hydrogen (secondary N) is 1. The quantitative estimate of drug-likeness (QED) is 0.792. The molecule has 1 atom stereocenters. The molecule has 0 spiro atoms. The molecule has 0 radical (unpaired) electrons. The maximum Gasteiger partial charge on any atom is 0.330 e. The van der Waals surface area contributed by atoms with E-state index in [1.807, 2.05) is 0 Å². The Morgan fingerprint density at radius 1 is 1.22 bits per heavy atom. The van der Waals surface area contributed by atoms with Crippen LogP contribution in [0.25, 0.3) is 0 Å². The van der Waals surface area contributed by atoms with Gasteiger partial charge in [0.25, 0.3) is 5.91 Å². The number of nitrogens with zero attached hydrogens (tertiary/aromatic N) is 1. The van der Waals surface area contributed by atoms with Gasteiger partial charge in [0.15, 0.2) is 5.69 Å². The summed E-state index contributed by atoms with van der Waals surface area (Å²) in [5, 5.41) is 21.6. The van der Waals surface area contributed by atoms with E-state index in [0.29, 0.717) is 5.56 Å². The van der Waals surface area contributed by atoms with Crippen LogP contribution in [0.4, 0.5) is 4.39 Å². The van der Waals surface area contributed by atoms with Crippen molar-refractivity contribution in [1.29, 1.82) is 0 Å². The zero-order valence-corrected chi connectivity index (χ0v) is 11.9. The third kappa shape index (κ3) is 2.50. The smallest absolute Gasteiger partial charge is 0.330 e. The monoisotopic (exact) mass is 316 g/mol. The van der Waals surface area contributed by atoms with E-state index in [-0.39, 0.29) is 29.8 Å². The highest BCUT2D eigenvalue weighted by molar-refractivity contribution is 5.98. The van der Waals surface area contributed by atoms with Crippen LogP contribution in [0.1, 0.15) is 21.6 Å². The van der Waals surface area contributed by atoms with E-state index in [4.69, 9.17) is 0 Å². The van der Waals surface area contributed by atoms with Gasteiger partial charge < -0.3 is 15.5 Å². The minimum Gasteiger partial charge on any atom is -0.505 e. The number of aromatic hydroxyl groups is 1. The number of carboxylic acids is 1. The molecule has 2 aromatic rings. The largest absolute Gasteiger partial charge is 0.505 e. The fourth-order valence-corrected chi connectivity index (χ4v) is 2.80. The third-order valence-corrected chi connectivity index (χ3v) is 3.95. The molecule has 1 aromatic heterocycles. The Morgan fingerprint density at radius 2 is 2.00 bits per heavy atom. The lowest BCUT2D eigenvalue weighted by Gasteiger charge is -2.25. The van der Waals surface area contributed by atoms with Gasteiger partial charge in [-0.1, -0.05) is 12.1 Å². The highest BCUT2D eigenvalue weighted by atomic mass is 19.1. The zero-order chi connectivity index (χ0) is 16.6. The molecule has 0 bridgehead atoms. The second kappa shape index (κ2) is 5.35. The highest BCUT2D eigenvalue weighted by Crippen LogP contribution is 2.32. The number of aromatic nitrogens is 1. The van der Waals surface area contributed by atoms with Crippen molar-refractivity contribution in [3.63, 3.8) is 0 Å². The first-order valence-electron chi connectivity index (χ1n) is 6.89. The van der Waals surface area contributed by atoms with E-state index >= 15 is 0 Å². The number of fused-ring (bicyclic) bond motifs is 1. The Labute approximate surface area is 130 Å². The van der Waals surface area contributed by atoms with Crippen molar-refractivity contribution in [2.24, 2.45) is 0 Å². The second-order valence-electron chi connectivity index (χ2n) is 5.44. The molecule has 0 fully saturated rings. The number of amides is 1. The molecule has 7 heteroatoms. The van der Waals surface area contributed by atoms with Gasteiger partial charge in [-0.05, 0) is 29.3 Å². The molecule has 1 unspecified atom stereocenters. The summed E-state index contributed by atoms with van der Waals surface area (Å²) >= 11 is 0. The van der Waals surface area contributed by atoms with E-state index < -0.39 is 23.2 Å². The van der Waals surface area contributed by atoms with Gasteiger partial charge in [-0.25, -0.2) is 14.2 Å². The van der Waals surface area contributed by atoms with Crippen molar-refractivity contribution in [3.8, 4) is 5.75 Å².